The number of nitrogens with two attached hydrogens (primary N) is 1. The van der Waals surface area contributed by atoms with Crippen molar-refractivity contribution in [3.63, 3.8) is 0 Å². The third kappa shape index (κ3) is 3.37. The van der Waals surface area contributed by atoms with Crippen molar-refractivity contribution in [2.75, 3.05) is 19.6 Å². The van der Waals surface area contributed by atoms with Crippen molar-refractivity contribution < 1.29 is 14.0 Å². The molecular weight excluding hydrogens is 297 g/mol. The minimum Gasteiger partial charge on any atom is -0.368 e. The second-order valence-electron chi connectivity index (χ2n) is 6.33. The fourth-order valence-electron chi connectivity index (χ4n) is 3.74. The van der Waals surface area contributed by atoms with Crippen LogP contribution in [0.15, 0.2) is 24.3 Å². The quantitative estimate of drug-likeness (QED) is 0.915. The molecule has 23 heavy (non-hydrogen) atoms. The summed E-state index contributed by atoms with van der Waals surface area (Å²) in [4.78, 5) is 27.9. The Morgan fingerprint density at radius 1 is 1.13 bits per heavy atom. The molecule has 2 aliphatic heterocycles. The molecule has 5 nitrogen and oxygen atoms in total. The number of hydrogen-bond acceptors (Lipinski definition) is 3. The van der Waals surface area contributed by atoms with Crippen molar-refractivity contribution in [3.05, 3.63) is 35.6 Å². The lowest BCUT2D eigenvalue weighted by atomic mass is 10.0. The number of hydrogen-bond donors (Lipinski definition) is 1. The number of amides is 2. The molecule has 1 aromatic carbocycles. The van der Waals surface area contributed by atoms with Crippen LogP contribution >= 0.6 is 0 Å². The van der Waals surface area contributed by atoms with Gasteiger partial charge in [0.1, 0.15) is 5.82 Å². The van der Waals surface area contributed by atoms with E-state index in [1.807, 2.05) is 0 Å². The normalized spacial score (nSPS) is 23.2. The number of nitrogens with zero attached hydrogens (tertiary/aromatic N) is 2. The van der Waals surface area contributed by atoms with Crippen LogP contribution in [0.3, 0.4) is 0 Å². The summed E-state index contributed by atoms with van der Waals surface area (Å²) in [7, 11) is 0. The van der Waals surface area contributed by atoms with Crippen LogP contribution in [-0.2, 0) is 4.79 Å². The van der Waals surface area contributed by atoms with Gasteiger partial charge in [-0.2, -0.15) is 0 Å². The molecule has 0 spiro atoms. The third-order valence-corrected chi connectivity index (χ3v) is 4.91. The molecule has 2 saturated heterocycles. The van der Waals surface area contributed by atoms with Gasteiger partial charge in [-0.05, 0) is 50.4 Å². The van der Waals surface area contributed by atoms with Gasteiger partial charge in [-0.3, -0.25) is 14.5 Å². The minimum absolute atomic E-state index is 0.129. The Bertz CT molecular complexity index is 599. The lowest BCUT2D eigenvalue weighted by Crippen LogP contribution is -2.51. The molecule has 0 bridgehead atoms. The Labute approximate surface area is 135 Å². The molecule has 0 aromatic heterocycles. The van der Waals surface area contributed by atoms with Gasteiger partial charge in [-0.25, -0.2) is 4.39 Å². The number of piperidine rings is 1. The van der Waals surface area contributed by atoms with Crippen molar-refractivity contribution in [2.45, 2.75) is 37.8 Å². The molecule has 1 aromatic rings. The van der Waals surface area contributed by atoms with E-state index in [1.165, 1.54) is 12.1 Å². The lowest BCUT2D eigenvalue weighted by Gasteiger charge is -2.38. The fraction of sp³-hybridized carbons (Fsp3) is 0.529. The number of halogens is 1. The summed E-state index contributed by atoms with van der Waals surface area (Å²) in [6, 6.07) is 5.94. The third-order valence-electron chi connectivity index (χ3n) is 4.91. The van der Waals surface area contributed by atoms with E-state index in [-0.39, 0.29) is 17.9 Å². The van der Waals surface area contributed by atoms with Gasteiger partial charge in [0.05, 0.1) is 6.04 Å². The maximum absolute atomic E-state index is 13.3. The summed E-state index contributed by atoms with van der Waals surface area (Å²) in [5, 5.41) is 0. The summed E-state index contributed by atoms with van der Waals surface area (Å²) in [5.41, 5.74) is 5.87. The SMILES string of the molecule is NC(=O)C1CCCN1C1CCN(C(=O)c2cccc(F)c2)CC1. The van der Waals surface area contributed by atoms with E-state index >= 15 is 0 Å². The zero-order valence-corrected chi connectivity index (χ0v) is 13.1. The monoisotopic (exact) mass is 319 g/mol. The van der Waals surface area contributed by atoms with E-state index in [9.17, 15) is 14.0 Å². The maximum Gasteiger partial charge on any atom is 0.253 e. The van der Waals surface area contributed by atoms with E-state index in [0.29, 0.717) is 24.7 Å². The van der Waals surface area contributed by atoms with E-state index in [0.717, 1.165) is 32.2 Å². The molecule has 2 fully saturated rings. The topological polar surface area (TPSA) is 66.6 Å². The Hall–Kier alpha value is -1.95. The van der Waals surface area contributed by atoms with Gasteiger partial charge in [0.25, 0.3) is 5.91 Å². The van der Waals surface area contributed by atoms with Crippen LogP contribution in [0.25, 0.3) is 0 Å². The Balaban J connectivity index is 1.60. The Morgan fingerprint density at radius 3 is 2.52 bits per heavy atom. The zero-order chi connectivity index (χ0) is 16.4. The van der Waals surface area contributed by atoms with Crippen LogP contribution < -0.4 is 5.73 Å². The Morgan fingerprint density at radius 2 is 1.87 bits per heavy atom. The Kier molecular flexibility index (Phi) is 4.61. The number of carbonyl (C=O) groups is 2. The molecule has 2 N–H and O–H groups in total. The van der Waals surface area contributed by atoms with Crippen molar-refractivity contribution in [1.82, 2.24) is 9.80 Å². The van der Waals surface area contributed by atoms with Crippen LogP contribution in [0.4, 0.5) is 4.39 Å². The van der Waals surface area contributed by atoms with Gasteiger partial charge in [0.15, 0.2) is 0 Å². The molecule has 2 amide bonds. The second kappa shape index (κ2) is 6.66. The van der Waals surface area contributed by atoms with Gasteiger partial charge in [0.2, 0.25) is 5.91 Å². The summed E-state index contributed by atoms with van der Waals surface area (Å²) >= 11 is 0. The number of carbonyl (C=O) groups excluding carboxylic acids is 2. The molecule has 124 valence electrons. The molecule has 2 aliphatic rings. The van der Waals surface area contributed by atoms with Gasteiger partial charge >= 0.3 is 0 Å². The van der Waals surface area contributed by atoms with E-state index in [1.54, 1.807) is 17.0 Å². The van der Waals surface area contributed by atoms with Gasteiger partial charge < -0.3 is 10.6 Å². The summed E-state index contributed by atoms with van der Waals surface area (Å²) < 4.78 is 13.3. The number of benzene rings is 1. The van der Waals surface area contributed by atoms with Crippen molar-refractivity contribution >= 4 is 11.8 Å². The summed E-state index contributed by atoms with van der Waals surface area (Å²) in [6.45, 7) is 2.15. The molecule has 0 radical (unpaired) electrons. The first-order valence-electron chi connectivity index (χ1n) is 8.16. The first-order chi connectivity index (χ1) is 11.1. The van der Waals surface area contributed by atoms with Gasteiger partial charge in [-0.1, -0.05) is 6.07 Å². The number of rotatable bonds is 3. The number of likely N-dealkylation sites (tertiary alicyclic amines) is 2. The van der Waals surface area contributed by atoms with Crippen LogP contribution in [0.5, 0.6) is 0 Å². The molecule has 3 rings (SSSR count). The standard InChI is InChI=1S/C17H22FN3O2/c18-13-4-1-3-12(11-13)17(23)20-9-6-14(7-10-20)21-8-2-5-15(21)16(19)22/h1,3-4,11,14-15H,2,5-10H2,(H2,19,22). The molecular formula is C17H22FN3O2. The molecule has 1 unspecified atom stereocenters. The highest BCUT2D eigenvalue weighted by atomic mass is 19.1. The highest BCUT2D eigenvalue weighted by Gasteiger charge is 2.36. The predicted molar refractivity (Wildman–Crippen MR) is 84.2 cm³/mol. The summed E-state index contributed by atoms with van der Waals surface area (Å²) in [5.74, 6) is -0.774. The van der Waals surface area contributed by atoms with Crippen molar-refractivity contribution in [2.24, 2.45) is 5.73 Å². The smallest absolute Gasteiger partial charge is 0.253 e. The van der Waals surface area contributed by atoms with Gasteiger partial charge in [0, 0.05) is 24.7 Å². The molecule has 1 atom stereocenters. The zero-order valence-electron chi connectivity index (χ0n) is 13.1. The summed E-state index contributed by atoms with van der Waals surface area (Å²) in [6.07, 6.45) is 3.48. The largest absolute Gasteiger partial charge is 0.368 e. The van der Waals surface area contributed by atoms with Crippen LogP contribution in [0.2, 0.25) is 0 Å². The van der Waals surface area contributed by atoms with E-state index in [2.05, 4.69) is 4.90 Å². The van der Waals surface area contributed by atoms with E-state index < -0.39 is 5.82 Å². The average molecular weight is 319 g/mol. The van der Waals surface area contributed by atoms with Crippen LogP contribution in [0.1, 0.15) is 36.0 Å². The highest BCUT2D eigenvalue weighted by molar-refractivity contribution is 5.94. The fourth-order valence-corrected chi connectivity index (χ4v) is 3.74. The maximum atomic E-state index is 13.3. The average Bonchev–Trinajstić information content (AvgIpc) is 3.04. The lowest BCUT2D eigenvalue weighted by molar-refractivity contribution is -0.123. The molecule has 0 saturated carbocycles. The van der Waals surface area contributed by atoms with Gasteiger partial charge in [-0.15, -0.1) is 0 Å². The minimum atomic E-state index is -0.396. The molecule has 6 heteroatoms. The van der Waals surface area contributed by atoms with Crippen LogP contribution in [-0.4, -0.2) is 53.3 Å². The number of primary amides is 1. The molecule has 2 heterocycles. The van der Waals surface area contributed by atoms with Crippen LogP contribution in [0, 0.1) is 5.82 Å². The van der Waals surface area contributed by atoms with Crippen molar-refractivity contribution in [3.8, 4) is 0 Å². The predicted octanol–water partition coefficient (Wildman–Crippen LogP) is 1.38. The van der Waals surface area contributed by atoms with Crippen molar-refractivity contribution in [1.29, 1.82) is 0 Å². The first-order valence-corrected chi connectivity index (χ1v) is 8.16. The second-order valence-corrected chi connectivity index (χ2v) is 6.33. The van der Waals surface area contributed by atoms with E-state index in [4.69, 9.17) is 5.73 Å². The highest BCUT2D eigenvalue weighted by Crippen LogP contribution is 2.26. The first kappa shape index (κ1) is 15.9. The molecule has 0 aliphatic carbocycles.